The molecule has 0 amide bonds. The van der Waals surface area contributed by atoms with Crippen molar-refractivity contribution in [3.8, 4) is 0 Å². The molecule has 0 spiro atoms. The van der Waals surface area contributed by atoms with Crippen molar-refractivity contribution in [1.29, 1.82) is 0 Å². The van der Waals surface area contributed by atoms with Gasteiger partial charge in [0.2, 0.25) is 0 Å². The van der Waals surface area contributed by atoms with Crippen LogP contribution in [0.2, 0.25) is 0 Å². The Labute approximate surface area is 68.7 Å². The van der Waals surface area contributed by atoms with E-state index in [1.165, 1.54) is 12.8 Å². The van der Waals surface area contributed by atoms with Crippen molar-refractivity contribution in [2.45, 2.75) is 46.5 Å². The van der Waals surface area contributed by atoms with E-state index in [1.54, 1.807) is 0 Å². The van der Waals surface area contributed by atoms with Crippen LogP contribution in [0.15, 0.2) is 5.21 Å². The van der Waals surface area contributed by atoms with Crippen LogP contribution in [0.25, 0.3) is 0 Å². The summed E-state index contributed by atoms with van der Waals surface area (Å²) < 4.78 is 11.9. The molecule has 11 heavy (non-hydrogen) atoms. The molecule has 0 radical (unpaired) electrons. The highest BCUT2D eigenvalue weighted by Crippen LogP contribution is 2.12. The summed E-state index contributed by atoms with van der Waals surface area (Å²) >= 11 is 0. The summed E-state index contributed by atoms with van der Waals surface area (Å²) in [6, 6.07) is 0. The van der Waals surface area contributed by atoms with Gasteiger partial charge >= 0.3 is 0 Å². The zero-order valence-corrected chi connectivity index (χ0v) is 7.73. The standard InChI is InChI=1S/C9H18FN/c1-4-6-7-8(3)9(5-2)11-10/h8H,4-7H2,1-3H3. The second kappa shape index (κ2) is 6.32. The highest BCUT2D eigenvalue weighted by Gasteiger charge is 2.07. The van der Waals surface area contributed by atoms with Crippen LogP contribution in [-0.2, 0) is 0 Å². The van der Waals surface area contributed by atoms with Crippen molar-refractivity contribution in [2.75, 3.05) is 0 Å². The van der Waals surface area contributed by atoms with Crippen LogP contribution in [0.5, 0.6) is 0 Å². The Kier molecular flexibility index (Phi) is 6.09. The maximum atomic E-state index is 11.9. The molecule has 0 N–H and O–H groups in total. The fraction of sp³-hybridized carbons (Fsp3) is 0.889. The van der Waals surface area contributed by atoms with Gasteiger partial charge in [-0.05, 0) is 18.8 Å². The molecule has 0 aliphatic heterocycles. The van der Waals surface area contributed by atoms with E-state index in [-0.39, 0.29) is 0 Å². The van der Waals surface area contributed by atoms with Gasteiger partial charge in [-0.1, -0.05) is 43.3 Å². The quantitative estimate of drug-likeness (QED) is 0.544. The van der Waals surface area contributed by atoms with Gasteiger partial charge in [-0.3, -0.25) is 0 Å². The van der Waals surface area contributed by atoms with E-state index in [1.807, 2.05) is 13.8 Å². The van der Waals surface area contributed by atoms with E-state index in [0.29, 0.717) is 11.6 Å². The molecule has 0 aliphatic rings. The average molecular weight is 159 g/mol. The van der Waals surface area contributed by atoms with Gasteiger partial charge in [-0.2, -0.15) is 0 Å². The van der Waals surface area contributed by atoms with Crippen LogP contribution in [0, 0.1) is 5.92 Å². The molecule has 66 valence electrons. The van der Waals surface area contributed by atoms with Gasteiger partial charge in [0.25, 0.3) is 0 Å². The second-order valence-electron chi connectivity index (χ2n) is 2.97. The molecule has 0 bridgehead atoms. The maximum absolute atomic E-state index is 11.9. The van der Waals surface area contributed by atoms with Gasteiger partial charge in [-0.15, -0.1) is 0 Å². The summed E-state index contributed by atoms with van der Waals surface area (Å²) in [5.41, 5.74) is 0.707. The molecule has 2 heteroatoms. The van der Waals surface area contributed by atoms with Crippen LogP contribution >= 0.6 is 0 Å². The lowest BCUT2D eigenvalue weighted by Crippen LogP contribution is -2.08. The number of hydrogen-bond donors (Lipinski definition) is 0. The highest BCUT2D eigenvalue weighted by atomic mass is 19.2. The number of nitrogens with zero attached hydrogens (tertiary/aromatic N) is 1. The van der Waals surface area contributed by atoms with Crippen molar-refractivity contribution < 1.29 is 4.48 Å². The third-order valence-electron chi connectivity index (χ3n) is 2.03. The lowest BCUT2D eigenvalue weighted by atomic mass is 9.97. The van der Waals surface area contributed by atoms with Crippen LogP contribution < -0.4 is 0 Å². The lowest BCUT2D eigenvalue weighted by molar-refractivity contribution is 0.514. The molecule has 1 nitrogen and oxygen atoms in total. The maximum Gasteiger partial charge on any atom is 0.0534 e. The lowest BCUT2D eigenvalue weighted by Gasteiger charge is -2.09. The molecule has 0 fully saturated rings. The van der Waals surface area contributed by atoms with E-state index in [2.05, 4.69) is 12.1 Å². The van der Waals surface area contributed by atoms with Crippen LogP contribution in [-0.4, -0.2) is 5.71 Å². The van der Waals surface area contributed by atoms with Gasteiger partial charge < -0.3 is 0 Å². The minimum absolute atomic E-state index is 0.324. The van der Waals surface area contributed by atoms with E-state index >= 15 is 0 Å². The summed E-state index contributed by atoms with van der Waals surface area (Å²) in [5.74, 6) is 0.324. The molecule has 0 saturated heterocycles. The first-order valence-corrected chi connectivity index (χ1v) is 4.43. The Hall–Kier alpha value is -0.400. The fourth-order valence-electron chi connectivity index (χ4n) is 1.17. The van der Waals surface area contributed by atoms with Crippen LogP contribution in [0.4, 0.5) is 4.48 Å². The fourth-order valence-corrected chi connectivity index (χ4v) is 1.17. The Bertz CT molecular complexity index is 121. The summed E-state index contributed by atoms with van der Waals surface area (Å²) in [6.07, 6.45) is 4.14. The van der Waals surface area contributed by atoms with E-state index in [0.717, 1.165) is 12.8 Å². The van der Waals surface area contributed by atoms with Crippen LogP contribution in [0.3, 0.4) is 0 Å². The minimum Gasteiger partial charge on any atom is -0.0963 e. The predicted molar refractivity (Wildman–Crippen MR) is 47.5 cm³/mol. The molecular weight excluding hydrogens is 141 g/mol. The smallest absolute Gasteiger partial charge is 0.0534 e. The third-order valence-corrected chi connectivity index (χ3v) is 2.03. The molecule has 0 aromatic rings. The molecule has 0 aliphatic carbocycles. The van der Waals surface area contributed by atoms with Gasteiger partial charge in [0.1, 0.15) is 0 Å². The Morgan fingerprint density at radius 2 is 2.09 bits per heavy atom. The molecule has 0 rings (SSSR count). The topological polar surface area (TPSA) is 12.4 Å². The van der Waals surface area contributed by atoms with Crippen LogP contribution in [0.1, 0.15) is 46.5 Å². The van der Waals surface area contributed by atoms with Crippen molar-refractivity contribution >= 4 is 5.71 Å². The van der Waals surface area contributed by atoms with Gasteiger partial charge in [0, 0.05) is 0 Å². The van der Waals surface area contributed by atoms with Crippen molar-refractivity contribution in [1.82, 2.24) is 0 Å². The third kappa shape index (κ3) is 4.12. The largest absolute Gasteiger partial charge is 0.0963 e. The van der Waals surface area contributed by atoms with Crippen molar-refractivity contribution in [2.24, 2.45) is 11.1 Å². The normalized spacial score (nSPS) is 15.1. The monoisotopic (exact) mass is 159 g/mol. The van der Waals surface area contributed by atoms with Gasteiger partial charge in [0.05, 0.1) is 5.71 Å². The van der Waals surface area contributed by atoms with Gasteiger partial charge in [-0.25, -0.2) is 0 Å². The molecule has 0 aromatic carbocycles. The molecule has 1 atom stereocenters. The Morgan fingerprint density at radius 3 is 2.45 bits per heavy atom. The average Bonchev–Trinajstić information content (AvgIpc) is 2.03. The van der Waals surface area contributed by atoms with E-state index < -0.39 is 0 Å². The highest BCUT2D eigenvalue weighted by molar-refractivity contribution is 5.85. The molecule has 1 unspecified atom stereocenters. The van der Waals surface area contributed by atoms with Crippen molar-refractivity contribution in [3.05, 3.63) is 0 Å². The molecule has 0 saturated carbocycles. The number of halogens is 1. The van der Waals surface area contributed by atoms with E-state index in [9.17, 15) is 4.48 Å². The Morgan fingerprint density at radius 1 is 1.45 bits per heavy atom. The predicted octanol–water partition coefficient (Wildman–Crippen LogP) is 3.55. The SMILES string of the molecule is CCCCC(C)C(CC)=NF. The summed E-state index contributed by atoms with van der Waals surface area (Å²) in [5, 5.41) is 2.78. The second-order valence-corrected chi connectivity index (χ2v) is 2.97. The first-order chi connectivity index (χ1) is 5.26. The number of hydrogen-bond acceptors (Lipinski definition) is 1. The number of rotatable bonds is 5. The summed E-state index contributed by atoms with van der Waals surface area (Å²) in [7, 11) is 0. The minimum atomic E-state index is 0.324. The molecule has 0 heterocycles. The van der Waals surface area contributed by atoms with Crippen molar-refractivity contribution in [3.63, 3.8) is 0 Å². The number of unbranched alkanes of at least 4 members (excludes halogenated alkanes) is 1. The van der Waals surface area contributed by atoms with Gasteiger partial charge in [0.15, 0.2) is 0 Å². The Balaban J connectivity index is 3.70. The summed E-state index contributed by atoms with van der Waals surface area (Å²) in [6.45, 7) is 6.13. The first kappa shape index (κ1) is 10.6. The first-order valence-electron chi connectivity index (χ1n) is 4.43. The summed E-state index contributed by atoms with van der Waals surface area (Å²) in [4.78, 5) is 0. The zero-order chi connectivity index (χ0) is 8.69. The molecule has 0 aromatic heterocycles. The molecular formula is C9H18FN. The zero-order valence-electron chi connectivity index (χ0n) is 7.73. The van der Waals surface area contributed by atoms with E-state index in [4.69, 9.17) is 0 Å².